The number of rotatable bonds is 5. The van der Waals surface area contributed by atoms with Crippen LogP contribution in [0, 0.1) is 16.0 Å². The van der Waals surface area contributed by atoms with E-state index in [0.717, 1.165) is 5.56 Å². The fourth-order valence-electron chi connectivity index (χ4n) is 2.04. The van der Waals surface area contributed by atoms with Crippen LogP contribution >= 0.6 is 11.6 Å². The average molecular weight is 306 g/mol. The summed E-state index contributed by atoms with van der Waals surface area (Å²) < 4.78 is 0. The summed E-state index contributed by atoms with van der Waals surface area (Å²) in [5.74, 6) is 0.928. The number of nitrogens with one attached hydrogen (secondary N) is 1. The molecule has 1 aromatic heterocycles. The zero-order valence-electron chi connectivity index (χ0n) is 11.8. The maximum Gasteiger partial charge on any atom is 0.287 e. The van der Waals surface area contributed by atoms with Crippen LogP contribution in [0.1, 0.15) is 25.5 Å². The molecule has 5 nitrogen and oxygen atoms in total. The van der Waals surface area contributed by atoms with Gasteiger partial charge in [0.15, 0.2) is 0 Å². The number of benzene rings is 1. The van der Waals surface area contributed by atoms with Crippen LogP contribution < -0.4 is 5.32 Å². The quantitative estimate of drug-likeness (QED) is 0.654. The molecule has 0 saturated carbocycles. The Bertz CT molecular complexity index is 612. The molecular weight excluding hydrogens is 290 g/mol. The van der Waals surface area contributed by atoms with Gasteiger partial charge in [-0.1, -0.05) is 37.6 Å². The fraction of sp³-hybridized carbons (Fsp3) is 0.267. The highest BCUT2D eigenvalue weighted by Crippen LogP contribution is 2.27. The molecule has 6 heteroatoms. The summed E-state index contributed by atoms with van der Waals surface area (Å²) in [6.07, 6.45) is 1.25. The average Bonchev–Trinajstić information content (AvgIpc) is 2.46. The van der Waals surface area contributed by atoms with E-state index in [2.05, 4.69) is 24.1 Å². The molecule has 0 aliphatic rings. The molecule has 0 saturated heterocycles. The monoisotopic (exact) mass is 305 g/mol. The van der Waals surface area contributed by atoms with Gasteiger partial charge in [0, 0.05) is 11.1 Å². The first-order valence-corrected chi connectivity index (χ1v) is 6.97. The van der Waals surface area contributed by atoms with Gasteiger partial charge >= 0.3 is 0 Å². The summed E-state index contributed by atoms with van der Waals surface area (Å²) in [6, 6.07) is 10.7. The predicted octanol–water partition coefficient (Wildman–Crippen LogP) is 4.45. The number of halogens is 1. The van der Waals surface area contributed by atoms with Gasteiger partial charge in [0.05, 0.1) is 11.0 Å². The number of pyridine rings is 1. The summed E-state index contributed by atoms with van der Waals surface area (Å²) in [6.45, 7) is 4.19. The largest absolute Gasteiger partial charge is 0.363 e. The lowest BCUT2D eigenvalue weighted by Gasteiger charge is -2.23. The van der Waals surface area contributed by atoms with Crippen LogP contribution in [-0.2, 0) is 0 Å². The third-order valence-corrected chi connectivity index (χ3v) is 3.41. The zero-order valence-corrected chi connectivity index (χ0v) is 12.5. The second-order valence-electron chi connectivity index (χ2n) is 5.08. The van der Waals surface area contributed by atoms with Crippen molar-refractivity contribution in [2.75, 3.05) is 5.32 Å². The molecule has 1 N–H and O–H groups in total. The molecule has 0 amide bonds. The Labute approximate surface area is 128 Å². The van der Waals surface area contributed by atoms with Crippen molar-refractivity contribution < 1.29 is 4.92 Å². The molecule has 2 rings (SSSR count). The Kier molecular flexibility index (Phi) is 4.75. The number of hydrogen-bond acceptors (Lipinski definition) is 4. The molecule has 2 aromatic rings. The van der Waals surface area contributed by atoms with E-state index in [-0.39, 0.29) is 11.7 Å². The molecule has 21 heavy (non-hydrogen) atoms. The SMILES string of the molecule is CC(C)C(Nc1ccc([N+](=O)[O-])cn1)c1ccc(Cl)cc1. The van der Waals surface area contributed by atoms with Crippen molar-refractivity contribution in [3.05, 3.63) is 63.3 Å². The summed E-state index contributed by atoms with van der Waals surface area (Å²) >= 11 is 5.91. The lowest BCUT2D eigenvalue weighted by Crippen LogP contribution is -2.17. The first-order valence-electron chi connectivity index (χ1n) is 6.60. The molecular formula is C15H16ClN3O2. The molecule has 0 bridgehead atoms. The summed E-state index contributed by atoms with van der Waals surface area (Å²) in [4.78, 5) is 14.3. The Hall–Kier alpha value is -2.14. The van der Waals surface area contributed by atoms with Gasteiger partial charge in [-0.3, -0.25) is 10.1 Å². The summed E-state index contributed by atoms with van der Waals surface area (Å²) in [7, 11) is 0. The lowest BCUT2D eigenvalue weighted by molar-refractivity contribution is -0.385. The van der Waals surface area contributed by atoms with E-state index in [1.165, 1.54) is 12.3 Å². The minimum atomic E-state index is -0.462. The molecule has 1 unspecified atom stereocenters. The van der Waals surface area contributed by atoms with Crippen molar-refractivity contribution >= 4 is 23.1 Å². The van der Waals surface area contributed by atoms with Crippen molar-refractivity contribution in [1.29, 1.82) is 0 Å². The molecule has 1 aromatic carbocycles. The number of anilines is 1. The highest BCUT2D eigenvalue weighted by atomic mass is 35.5. The third-order valence-electron chi connectivity index (χ3n) is 3.16. The van der Waals surface area contributed by atoms with Crippen LogP contribution in [0.5, 0.6) is 0 Å². The highest BCUT2D eigenvalue weighted by molar-refractivity contribution is 6.30. The van der Waals surface area contributed by atoms with Crippen molar-refractivity contribution in [3.8, 4) is 0 Å². The first-order chi connectivity index (χ1) is 9.97. The molecule has 0 fully saturated rings. The van der Waals surface area contributed by atoms with Gasteiger partial charge in [-0.15, -0.1) is 0 Å². The Balaban J connectivity index is 2.20. The van der Waals surface area contributed by atoms with Gasteiger partial charge in [0.2, 0.25) is 0 Å². The summed E-state index contributed by atoms with van der Waals surface area (Å²) in [5, 5.41) is 14.6. The maximum absolute atomic E-state index is 10.6. The molecule has 0 aliphatic heterocycles. The third kappa shape index (κ3) is 3.92. The van der Waals surface area contributed by atoms with Crippen molar-refractivity contribution in [1.82, 2.24) is 4.98 Å². The number of aromatic nitrogens is 1. The van der Waals surface area contributed by atoms with E-state index in [0.29, 0.717) is 16.8 Å². The second kappa shape index (κ2) is 6.54. The first kappa shape index (κ1) is 15.3. The van der Waals surface area contributed by atoms with E-state index in [1.54, 1.807) is 6.07 Å². The smallest absolute Gasteiger partial charge is 0.287 e. The van der Waals surface area contributed by atoms with Crippen molar-refractivity contribution in [3.63, 3.8) is 0 Å². The van der Waals surface area contributed by atoms with Crippen LogP contribution in [0.4, 0.5) is 11.5 Å². The number of nitrogens with zero attached hydrogens (tertiary/aromatic N) is 2. The summed E-state index contributed by atoms with van der Waals surface area (Å²) in [5.41, 5.74) is 1.07. The molecule has 0 radical (unpaired) electrons. The van der Waals surface area contributed by atoms with E-state index >= 15 is 0 Å². The van der Waals surface area contributed by atoms with Gasteiger partial charge in [-0.05, 0) is 29.7 Å². The topological polar surface area (TPSA) is 68.1 Å². The second-order valence-corrected chi connectivity index (χ2v) is 5.51. The van der Waals surface area contributed by atoms with Crippen LogP contribution in [-0.4, -0.2) is 9.91 Å². The van der Waals surface area contributed by atoms with Gasteiger partial charge < -0.3 is 5.32 Å². The molecule has 0 aliphatic carbocycles. The zero-order chi connectivity index (χ0) is 15.4. The van der Waals surface area contributed by atoms with Crippen LogP contribution in [0.2, 0.25) is 5.02 Å². The van der Waals surface area contributed by atoms with E-state index in [1.807, 2.05) is 24.3 Å². The van der Waals surface area contributed by atoms with Crippen molar-refractivity contribution in [2.24, 2.45) is 5.92 Å². The van der Waals surface area contributed by atoms with Crippen LogP contribution in [0.25, 0.3) is 0 Å². The Morgan fingerprint density at radius 2 is 1.86 bits per heavy atom. The Morgan fingerprint density at radius 1 is 1.19 bits per heavy atom. The van der Waals surface area contributed by atoms with Gasteiger partial charge in [0.1, 0.15) is 12.0 Å². The Morgan fingerprint density at radius 3 is 2.33 bits per heavy atom. The predicted molar refractivity (Wildman–Crippen MR) is 83.5 cm³/mol. The maximum atomic E-state index is 10.6. The van der Waals surface area contributed by atoms with Crippen LogP contribution in [0.3, 0.4) is 0 Å². The van der Waals surface area contributed by atoms with Crippen molar-refractivity contribution in [2.45, 2.75) is 19.9 Å². The molecule has 0 spiro atoms. The van der Waals surface area contributed by atoms with Gasteiger partial charge in [-0.2, -0.15) is 0 Å². The molecule has 1 atom stereocenters. The van der Waals surface area contributed by atoms with Crippen LogP contribution in [0.15, 0.2) is 42.6 Å². The lowest BCUT2D eigenvalue weighted by atomic mass is 9.96. The molecule has 110 valence electrons. The van der Waals surface area contributed by atoms with Gasteiger partial charge in [0.25, 0.3) is 5.69 Å². The fourth-order valence-corrected chi connectivity index (χ4v) is 2.17. The van der Waals surface area contributed by atoms with E-state index in [4.69, 9.17) is 11.6 Å². The van der Waals surface area contributed by atoms with Gasteiger partial charge in [-0.25, -0.2) is 4.98 Å². The standard InChI is InChI=1S/C15H16ClN3O2/c1-10(2)15(11-3-5-12(16)6-4-11)18-14-8-7-13(9-17-14)19(20)21/h3-10,15H,1-2H3,(H,17,18). The minimum Gasteiger partial charge on any atom is -0.363 e. The highest BCUT2D eigenvalue weighted by Gasteiger charge is 2.16. The number of nitro groups is 1. The minimum absolute atomic E-state index is 0.0202. The normalized spacial score (nSPS) is 12.2. The number of hydrogen-bond donors (Lipinski definition) is 1. The van der Waals surface area contributed by atoms with E-state index in [9.17, 15) is 10.1 Å². The molecule has 1 heterocycles. The van der Waals surface area contributed by atoms with E-state index < -0.39 is 4.92 Å².